The Morgan fingerprint density at radius 2 is 2.05 bits per heavy atom. The van der Waals surface area contributed by atoms with Gasteiger partial charge in [-0.1, -0.05) is 41.9 Å². The lowest BCUT2D eigenvalue weighted by Gasteiger charge is -2.07. The summed E-state index contributed by atoms with van der Waals surface area (Å²) in [6, 6.07) is 10.8. The summed E-state index contributed by atoms with van der Waals surface area (Å²) >= 11 is 5.91. The molecule has 0 bridgehead atoms. The molecule has 2 aromatic rings. The Bertz CT molecular complexity index is 682. The number of nitrogens with one attached hydrogen (secondary N) is 1. The van der Waals surface area contributed by atoms with Crippen LogP contribution in [0.1, 0.15) is 5.56 Å². The standard InChI is InChI=1S/C14H14ClN3O3S/c15-13-8-12(18(19)20)9-17-14(13)16-6-7-22(21)10-11-4-2-1-3-5-11/h1-5,8-9H,6-7,10H2,(H,16,17). The number of hydrogen-bond acceptors (Lipinski definition) is 5. The molecular weight excluding hydrogens is 326 g/mol. The molecule has 1 heterocycles. The van der Waals surface area contributed by atoms with Gasteiger partial charge in [0.1, 0.15) is 12.0 Å². The van der Waals surface area contributed by atoms with Crippen LogP contribution in [0.3, 0.4) is 0 Å². The van der Waals surface area contributed by atoms with Gasteiger partial charge < -0.3 is 5.32 Å². The third-order valence-electron chi connectivity index (χ3n) is 2.83. The quantitative estimate of drug-likeness (QED) is 0.619. The smallest absolute Gasteiger partial charge is 0.289 e. The molecule has 0 radical (unpaired) electrons. The van der Waals surface area contributed by atoms with E-state index >= 15 is 0 Å². The van der Waals surface area contributed by atoms with E-state index in [1.807, 2.05) is 30.3 Å². The van der Waals surface area contributed by atoms with Crippen LogP contribution in [0.5, 0.6) is 0 Å². The summed E-state index contributed by atoms with van der Waals surface area (Å²) in [5.41, 5.74) is 0.857. The minimum Gasteiger partial charge on any atom is -0.368 e. The summed E-state index contributed by atoms with van der Waals surface area (Å²) in [5, 5.41) is 13.7. The first-order chi connectivity index (χ1) is 10.6. The van der Waals surface area contributed by atoms with E-state index in [-0.39, 0.29) is 10.7 Å². The second-order valence-electron chi connectivity index (χ2n) is 4.48. The van der Waals surface area contributed by atoms with E-state index < -0.39 is 15.7 Å². The molecule has 1 unspecified atom stereocenters. The van der Waals surface area contributed by atoms with Crippen LogP contribution < -0.4 is 5.32 Å². The highest BCUT2D eigenvalue weighted by atomic mass is 35.5. The number of nitro groups is 1. The van der Waals surface area contributed by atoms with E-state index in [2.05, 4.69) is 10.3 Å². The fourth-order valence-corrected chi connectivity index (χ4v) is 3.04. The van der Waals surface area contributed by atoms with Crippen molar-refractivity contribution in [1.82, 2.24) is 4.98 Å². The lowest BCUT2D eigenvalue weighted by molar-refractivity contribution is -0.385. The van der Waals surface area contributed by atoms with Crippen molar-refractivity contribution in [1.29, 1.82) is 0 Å². The van der Waals surface area contributed by atoms with Crippen molar-refractivity contribution in [3.05, 3.63) is 63.3 Å². The van der Waals surface area contributed by atoms with Gasteiger partial charge in [0.05, 0.1) is 9.95 Å². The number of pyridine rings is 1. The van der Waals surface area contributed by atoms with Gasteiger partial charge >= 0.3 is 0 Å². The molecule has 0 aliphatic carbocycles. The number of rotatable bonds is 7. The predicted molar refractivity (Wildman–Crippen MR) is 87.5 cm³/mol. The molecule has 0 saturated carbocycles. The first-order valence-corrected chi connectivity index (χ1v) is 8.35. The van der Waals surface area contributed by atoms with Gasteiger partial charge in [-0.2, -0.15) is 0 Å². The molecule has 1 aromatic carbocycles. The molecule has 0 spiro atoms. The molecule has 0 aliphatic heterocycles. The summed E-state index contributed by atoms with van der Waals surface area (Å²) in [6.45, 7) is 0.421. The zero-order valence-electron chi connectivity index (χ0n) is 11.6. The highest BCUT2D eigenvalue weighted by Gasteiger charge is 2.10. The maximum atomic E-state index is 12.0. The van der Waals surface area contributed by atoms with Gasteiger partial charge in [-0.05, 0) is 5.56 Å². The molecule has 0 amide bonds. The maximum absolute atomic E-state index is 12.0. The second-order valence-corrected chi connectivity index (χ2v) is 6.47. The lowest BCUT2D eigenvalue weighted by atomic mass is 10.2. The van der Waals surface area contributed by atoms with E-state index in [0.29, 0.717) is 23.9 Å². The summed E-state index contributed by atoms with van der Waals surface area (Å²) in [4.78, 5) is 13.9. The summed E-state index contributed by atoms with van der Waals surface area (Å²) in [5.74, 6) is 1.28. The van der Waals surface area contributed by atoms with Crippen molar-refractivity contribution < 1.29 is 9.13 Å². The van der Waals surface area contributed by atoms with Gasteiger partial charge in [-0.25, -0.2) is 4.98 Å². The molecule has 1 atom stereocenters. The van der Waals surface area contributed by atoms with Crippen molar-refractivity contribution in [3.8, 4) is 0 Å². The first kappa shape index (κ1) is 16.4. The molecule has 2 rings (SSSR count). The minimum absolute atomic E-state index is 0.164. The SMILES string of the molecule is O=[N+]([O-])c1cnc(NCCS(=O)Cc2ccccc2)c(Cl)c1. The van der Waals surface area contributed by atoms with Crippen LogP contribution in [-0.2, 0) is 16.6 Å². The minimum atomic E-state index is -1.00. The zero-order chi connectivity index (χ0) is 15.9. The van der Waals surface area contributed by atoms with Crippen molar-refractivity contribution in [3.63, 3.8) is 0 Å². The lowest BCUT2D eigenvalue weighted by Crippen LogP contribution is -2.13. The van der Waals surface area contributed by atoms with E-state index in [1.165, 1.54) is 6.07 Å². The summed E-state index contributed by atoms with van der Waals surface area (Å²) < 4.78 is 12.0. The Morgan fingerprint density at radius 1 is 1.32 bits per heavy atom. The van der Waals surface area contributed by atoms with Crippen LogP contribution in [0.25, 0.3) is 0 Å². The molecule has 0 fully saturated rings. The Morgan fingerprint density at radius 3 is 2.68 bits per heavy atom. The highest BCUT2D eigenvalue weighted by Crippen LogP contribution is 2.23. The van der Waals surface area contributed by atoms with Crippen molar-refractivity contribution in [2.75, 3.05) is 17.6 Å². The van der Waals surface area contributed by atoms with Gasteiger partial charge in [-0.15, -0.1) is 0 Å². The number of hydrogen-bond donors (Lipinski definition) is 1. The number of halogens is 1. The molecule has 8 heteroatoms. The second kappa shape index (κ2) is 7.86. The van der Waals surface area contributed by atoms with Gasteiger partial charge in [0.15, 0.2) is 0 Å². The average Bonchev–Trinajstić information content (AvgIpc) is 2.49. The monoisotopic (exact) mass is 339 g/mol. The average molecular weight is 340 g/mol. The number of benzene rings is 1. The molecule has 116 valence electrons. The summed E-state index contributed by atoms with van der Waals surface area (Å²) in [7, 11) is -1.00. The fourth-order valence-electron chi connectivity index (χ4n) is 1.77. The summed E-state index contributed by atoms with van der Waals surface area (Å²) in [6.07, 6.45) is 1.13. The van der Waals surface area contributed by atoms with Crippen LogP contribution in [-0.4, -0.2) is 26.4 Å². The van der Waals surface area contributed by atoms with Crippen molar-refractivity contribution in [2.24, 2.45) is 0 Å². The van der Waals surface area contributed by atoms with E-state index in [0.717, 1.165) is 11.8 Å². The molecule has 1 N–H and O–H groups in total. The molecular formula is C14H14ClN3O3S. The van der Waals surface area contributed by atoms with Crippen LogP contribution in [0.4, 0.5) is 11.5 Å². The van der Waals surface area contributed by atoms with Crippen LogP contribution in [0.15, 0.2) is 42.6 Å². The predicted octanol–water partition coefficient (Wildman–Crippen LogP) is 3.00. The fraction of sp³-hybridized carbons (Fsp3) is 0.214. The van der Waals surface area contributed by atoms with Gasteiger partial charge in [0.2, 0.25) is 0 Å². The molecule has 1 aromatic heterocycles. The van der Waals surface area contributed by atoms with E-state index in [4.69, 9.17) is 11.6 Å². The number of nitrogens with zero attached hydrogens (tertiary/aromatic N) is 2. The van der Waals surface area contributed by atoms with Crippen LogP contribution in [0.2, 0.25) is 5.02 Å². The number of aromatic nitrogens is 1. The van der Waals surface area contributed by atoms with Crippen molar-refractivity contribution >= 4 is 33.9 Å². The Balaban J connectivity index is 1.83. The zero-order valence-corrected chi connectivity index (χ0v) is 13.1. The molecule has 22 heavy (non-hydrogen) atoms. The van der Waals surface area contributed by atoms with E-state index in [1.54, 1.807) is 0 Å². The number of anilines is 1. The van der Waals surface area contributed by atoms with Crippen molar-refractivity contribution in [2.45, 2.75) is 5.75 Å². The molecule has 0 aliphatic rings. The van der Waals surface area contributed by atoms with Gasteiger partial charge in [-0.3, -0.25) is 14.3 Å². The Hall–Kier alpha value is -1.99. The third-order valence-corrected chi connectivity index (χ3v) is 4.43. The first-order valence-electron chi connectivity index (χ1n) is 6.49. The molecule has 6 nitrogen and oxygen atoms in total. The molecule has 0 saturated heterocycles. The third kappa shape index (κ3) is 4.78. The Kier molecular flexibility index (Phi) is 5.85. The van der Waals surface area contributed by atoms with Gasteiger partial charge in [0.25, 0.3) is 5.69 Å². The largest absolute Gasteiger partial charge is 0.368 e. The highest BCUT2D eigenvalue weighted by molar-refractivity contribution is 7.84. The Labute approximate surface area is 135 Å². The van der Waals surface area contributed by atoms with Crippen LogP contribution in [0, 0.1) is 10.1 Å². The normalized spacial score (nSPS) is 11.9. The topological polar surface area (TPSA) is 85.1 Å². The van der Waals surface area contributed by atoms with E-state index in [9.17, 15) is 14.3 Å². The van der Waals surface area contributed by atoms with Gasteiger partial charge in [0, 0.05) is 34.9 Å². The van der Waals surface area contributed by atoms with Crippen LogP contribution >= 0.6 is 11.6 Å². The maximum Gasteiger partial charge on any atom is 0.289 e.